The van der Waals surface area contributed by atoms with Crippen molar-refractivity contribution in [2.75, 3.05) is 25.5 Å². The van der Waals surface area contributed by atoms with Crippen molar-refractivity contribution >= 4 is 23.6 Å². The summed E-state index contributed by atoms with van der Waals surface area (Å²) < 4.78 is 51.0. The van der Waals surface area contributed by atoms with Crippen LogP contribution in [0.1, 0.15) is 73.1 Å². The standard InChI is InChI=1S/C31H43F3N4O5/c1-8-9-26(42-7)25(17-35-16-21-11-10-19(2)14-20(21)3)37-27(39)18-36-28(40)23-15-22(31(32,33)34)12-13-24(23)38-29(41)43-30(4,5)6/h10-15,25-26,35H,8-9,16-18H2,1-7H3,(H,36,40)(H,37,39)(H,38,41). The van der Waals surface area contributed by atoms with Crippen molar-refractivity contribution < 1.29 is 37.0 Å². The topological polar surface area (TPSA) is 118 Å². The van der Waals surface area contributed by atoms with Crippen LogP contribution in [0.15, 0.2) is 36.4 Å². The average Bonchev–Trinajstić information content (AvgIpc) is 2.89. The van der Waals surface area contributed by atoms with Gasteiger partial charge in [0.1, 0.15) is 5.60 Å². The first kappa shape index (κ1) is 35.6. The summed E-state index contributed by atoms with van der Waals surface area (Å²) in [7, 11) is 1.55. The molecule has 238 valence electrons. The molecule has 3 amide bonds. The van der Waals surface area contributed by atoms with Crippen LogP contribution in [0.3, 0.4) is 0 Å². The summed E-state index contributed by atoms with van der Waals surface area (Å²) in [5.41, 5.74) is 0.783. The lowest BCUT2D eigenvalue weighted by Gasteiger charge is -2.27. The molecule has 2 rings (SSSR count). The van der Waals surface area contributed by atoms with Gasteiger partial charge in [-0.2, -0.15) is 13.2 Å². The van der Waals surface area contributed by atoms with Gasteiger partial charge in [-0.15, -0.1) is 0 Å². The van der Waals surface area contributed by atoms with Crippen LogP contribution in [-0.2, 0) is 27.0 Å². The molecule has 0 bridgehead atoms. The van der Waals surface area contributed by atoms with Crippen LogP contribution < -0.4 is 21.3 Å². The molecule has 0 radical (unpaired) electrons. The van der Waals surface area contributed by atoms with Gasteiger partial charge in [0.25, 0.3) is 5.91 Å². The number of aryl methyl sites for hydroxylation is 2. The fourth-order valence-corrected chi connectivity index (χ4v) is 4.39. The van der Waals surface area contributed by atoms with Crippen LogP contribution in [0.5, 0.6) is 0 Å². The molecule has 0 aliphatic rings. The number of benzene rings is 2. The quantitative estimate of drug-likeness (QED) is 0.239. The number of alkyl halides is 3. The number of methoxy groups -OCH3 is 1. The van der Waals surface area contributed by atoms with Gasteiger partial charge in [-0.1, -0.05) is 37.1 Å². The Morgan fingerprint density at radius 1 is 1.00 bits per heavy atom. The maximum Gasteiger partial charge on any atom is 0.416 e. The SMILES string of the molecule is CCCC(OC)C(CNCc1ccc(C)cc1C)NC(=O)CNC(=O)c1cc(C(F)(F)F)ccc1NC(=O)OC(C)(C)C. The first-order valence-electron chi connectivity index (χ1n) is 14.1. The number of rotatable bonds is 13. The molecule has 12 heteroatoms. The van der Waals surface area contributed by atoms with Crippen molar-refractivity contribution in [2.24, 2.45) is 0 Å². The molecule has 0 saturated carbocycles. The average molecular weight is 609 g/mol. The number of ether oxygens (including phenoxy) is 2. The van der Waals surface area contributed by atoms with Gasteiger partial charge in [-0.3, -0.25) is 14.9 Å². The second-order valence-electron chi connectivity index (χ2n) is 11.4. The molecule has 2 aromatic carbocycles. The van der Waals surface area contributed by atoms with Crippen molar-refractivity contribution in [1.82, 2.24) is 16.0 Å². The summed E-state index contributed by atoms with van der Waals surface area (Å²) in [5, 5.41) is 10.9. The summed E-state index contributed by atoms with van der Waals surface area (Å²) in [6, 6.07) is 8.03. The number of hydrogen-bond acceptors (Lipinski definition) is 6. The Hall–Kier alpha value is -3.64. The summed E-state index contributed by atoms with van der Waals surface area (Å²) in [6.07, 6.45) is -4.52. The van der Waals surface area contributed by atoms with Gasteiger partial charge in [-0.25, -0.2) is 4.79 Å². The number of carbonyl (C=O) groups is 3. The third-order valence-corrected chi connectivity index (χ3v) is 6.49. The Labute approximate surface area is 251 Å². The van der Waals surface area contributed by atoms with Crippen LogP contribution in [0.25, 0.3) is 0 Å². The Kier molecular flexibility index (Phi) is 13.0. The highest BCUT2D eigenvalue weighted by Gasteiger charge is 2.32. The van der Waals surface area contributed by atoms with E-state index in [4.69, 9.17) is 9.47 Å². The van der Waals surface area contributed by atoms with E-state index in [0.717, 1.165) is 35.2 Å². The monoisotopic (exact) mass is 608 g/mol. The van der Waals surface area contributed by atoms with E-state index in [2.05, 4.69) is 27.3 Å². The maximum absolute atomic E-state index is 13.4. The largest absolute Gasteiger partial charge is 0.444 e. The minimum atomic E-state index is -4.73. The lowest BCUT2D eigenvalue weighted by Crippen LogP contribution is -2.52. The number of carbonyl (C=O) groups excluding carboxylic acids is 3. The molecule has 2 aromatic rings. The van der Waals surface area contributed by atoms with E-state index in [0.29, 0.717) is 25.6 Å². The molecule has 2 atom stereocenters. The lowest BCUT2D eigenvalue weighted by molar-refractivity contribution is -0.137. The third kappa shape index (κ3) is 11.9. The molecule has 0 aliphatic carbocycles. The minimum absolute atomic E-state index is 0.198. The summed E-state index contributed by atoms with van der Waals surface area (Å²) in [5.74, 6) is -1.54. The first-order chi connectivity index (χ1) is 20.0. The number of nitrogens with one attached hydrogen (secondary N) is 4. The maximum atomic E-state index is 13.4. The Morgan fingerprint density at radius 3 is 2.28 bits per heavy atom. The fraction of sp³-hybridized carbons (Fsp3) is 0.516. The summed E-state index contributed by atoms with van der Waals surface area (Å²) in [6.45, 7) is 11.3. The molecule has 2 unspecified atom stereocenters. The molecule has 0 aliphatic heterocycles. The van der Waals surface area contributed by atoms with Crippen molar-refractivity contribution in [1.29, 1.82) is 0 Å². The molecule has 0 aromatic heterocycles. The molecular weight excluding hydrogens is 565 g/mol. The first-order valence-corrected chi connectivity index (χ1v) is 14.1. The molecule has 0 fully saturated rings. The molecular formula is C31H43F3N4O5. The van der Waals surface area contributed by atoms with E-state index in [1.807, 2.05) is 32.9 Å². The van der Waals surface area contributed by atoms with E-state index in [1.54, 1.807) is 27.9 Å². The van der Waals surface area contributed by atoms with Crippen LogP contribution >= 0.6 is 0 Å². The van der Waals surface area contributed by atoms with Gasteiger partial charge < -0.3 is 25.4 Å². The van der Waals surface area contributed by atoms with E-state index in [-0.39, 0.29) is 11.8 Å². The Bertz CT molecular complexity index is 1260. The molecule has 4 N–H and O–H groups in total. The molecule has 0 spiro atoms. The highest BCUT2D eigenvalue weighted by atomic mass is 19.4. The predicted octanol–water partition coefficient (Wildman–Crippen LogP) is 5.49. The number of amides is 3. The lowest BCUT2D eigenvalue weighted by atomic mass is 10.0. The van der Waals surface area contributed by atoms with Gasteiger partial charge in [0, 0.05) is 20.2 Å². The van der Waals surface area contributed by atoms with Crippen LogP contribution in [-0.4, -0.2) is 55.9 Å². The second-order valence-corrected chi connectivity index (χ2v) is 11.4. The minimum Gasteiger partial charge on any atom is -0.444 e. The highest BCUT2D eigenvalue weighted by molar-refractivity contribution is 6.04. The van der Waals surface area contributed by atoms with Gasteiger partial charge in [-0.05, 0) is 70.4 Å². The molecule has 43 heavy (non-hydrogen) atoms. The van der Waals surface area contributed by atoms with Crippen LogP contribution in [0.4, 0.5) is 23.7 Å². The Balaban J connectivity index is 2.13. The van der Waals surface area contributed by atoms with Crippen molar-refractivity contribution in [2.45, 2.75) is 84.9 Å². The zero-order chi connectivity index (χ0) is 32.4. The predicted molar refractivity (Wildman–Crippen MR) is 159 cm³/mol. The zero-order valence-electron chi connectivity index (χ0n) is 25.8. The smallest absolute Gasteiger partial charge is 0.416 e. The van der Waals surface area contributed by atoms with Crippen LogP contribution in [0.2, 0.25) is 0 Å². The summed E-state index contributed by atoms with van der Waals surface area (Å²) >= 11 is 0. The van der Waals surface area contributed by atoms with E-state index in [9.17, 15) is 27.6 Å². The van der Waals surface area contributed by atoms with Gasteiger partial charge in [0.15, 0.2) is 0 Å². The van der Waals surface area contributed by atoms with Gasteiger partial charge in [0.2, 0.25) is 5.91 Å². The summed E-state index contributed by atoms with van der Waals surface area (Å²) in [4.78, 5) is 38.2. The van der Waals surface area contributed by atoms with Crippen molar-refractivity contribution in [3.8, 4) is 0 Å². The fourth-order valence-electron chi connectivity index (χ4n) is 4.39. The van der Waals surface area contributed by atoms with Gasteiger partial charge in [0.05, 0.1) is 35.5 Å². The van der Waals surface area contributed by atoms with E-state index >= 15 is 0 Å². The zero-order valence-corrected chi connectivity index (χ0v) is 25.8. The second kappa shape index (κ2) is 15.7. The molecule has 0 saturated heterocycles. The molecule has 9 nitrogen and oxygen atoms in total. The number of hydrogen-bond donors (Lipinski definition) is 4. The molecule has 0 heterocycles. The van der Waals surface area contributed by atoms with Gasteiger partial charge >= 0.3 is 12.3 Å². The normalized spacial score (nSPS) is 13.2. The Morgan fingerprint density at radius 2 is 1.70 bits per heavy atom. The van der Waals surface area contributed by atoms with E-state index < -0.39 is 53.4 Å². The number of halogens is 3. The third-order valence-electron chi connectivity index (χ3n) is 6.49. The van der Waals surface area contributed by atoms with Crippen molar-refractivity contribution in [3.63, 3.8) is 0 Å². The van der Waals surface area contributed by atoms with E-state index in [1.165, 1.54) is 0 Å². The number of anilines is 1. The highest BCUT2D eigenvalue weighted by Crippen LogP contribution is 2.32. The van der Waals surface area contributed by atoms with Crippen molar-refractivity contribution in [3.05, 3.63) is 64.2 Å². The van der Waals surface area contributed by atoms with Crippen LogP contribution in [0, 0.1) is 13.8 Å².